The van der Waals surface area contributed by atoms with Crippen LogP contribution in [0.5, 0.6) is 5.75 Å². The van der Waals surface area contributed by atoms with E-state index in [1.54, 1.807) is 13.0 Å². The van der Waals surface area contributed by atoms with Crippen molar-refractivity contribution in [3.8, 4) is 5.75 Å². The fourth-order valence-electron chi connectivity index (χ4n) is 3.68. The molecule has 1 atom stereocenters. The Balaban J connectivity index is 1.75. The van der Waals surface area contributed by atoms with Crippen LogP contribution in [0, 0.1) is 12.8 Å². The van der Waals surface area contributed by atoms with E-state index in [4.69, 9.17) is 9.15 Å². The fourth-order valence-corrected chi connectivity index (χ4v) is 3.68. The van der Waals surface area contributed by atoms with Gasteiger partial charge in [-0.2, -0.15) is 0 Å². The summed E-state index contributed by atoms with van der Waals surface area (Å²) in [5.74, 6) is -1.36. The molecule has 1 aliphatic carbocycles. The zero-order valence-corrected chi connectivity index (χ0v) is 16.3. The molecule has 2 aromatic rings. The van der Waals surface area contributed by atoms with E-state index in [0.29, 0.717) is 16.9 Å². The topological polar surface area (TPSA) is 109 Å². The maximum absolute atomic E-state index is 12.2. The molecule has 1 amide bonds. The number of carbonyl (C=O) groups is 2. The van der Waals surface area contributed by atoms with E-state index >= 15 is 0 Å². The van der Waals surface area contributed by atoms with Crippen LogP contribution in [0.1, 0.15) is 43.4 Å². The van der Waals surface area contributed by atoms with E-state index < -0.39 is 17.9 Å². The number of hydrogen-bond donors (Lipinski definition) is 1. The van der Waals surface area contributed by atoms with Crippen LogP contribution >= 0.6 is 0 Å². The Labute approximate surface area is 162 Å². The monoisotopic (exact) mass is 386 g/mol. The minimum absolute atomic E-state index is 0.0940. The van der Waals surface area contributed by atoms with Crippen molar-refractivity contribution in [2.45, 2.75) is 52.5 Å². The number of fused-ring (bicyclic) bond motifs is 3. The minimum Gasteiger partial charge on any atom is -0.548 e. The van der Waals surface area contributed by atoms with Gasteiger partial charge in [0.15, 0.2) is 6.61 Å². The second kappa shape index (κ2) is 8.04. The molecule has 1 N–H and O–H groups in total. The maximum atomic E-state index is 12.2. The van der Waals surface area contributed by atoms with Gasteiger partial charge in [-0.25, -0.2) is 4.79 Å². The number of carbonyl (C=O) groups excluding carboxylic acids is 2. The second-order valence-corrected chi connectivity index (χ2v) is 7.62. The van der Waals surface area contributed by atoms with Crippen LogP contribution in [0.3, 0.4) is 0 Å². The first-order chi connectivity index (χ1) is 13.3. The highest BCUT2D eigenvalue weighted by atomic mass is 16.5. The molecule has 150 valence electrons. The number of amides is 1. The number of rotatable bonds is 7. The first-order valence-corrected chi connectivity index (χ1v) is 9.49. The van der Waals surface area contributed by atoms with Gasteiger partial charge in [0.25, 0.3) is 5.91 Å². The van der Waals surface area contributed by atoms with E-state index in [1.165, 1.54) is 0 Å². The Bertz CT molecular complexity index is 975. The minimum atomic E-state index is -1.32. The lowest BCUT2D eigenvalue weighted by Crippen LogP contribution is -2.49. The zero-order valence-electron chi connectivity index (χ0n) is 16.3. The van der Waals surface area contributed by atoms with Crippen LogP contribution in [0.25, 0.3) is 11.0 Å². The van der Waals surface area contributed by atoms with Crippen molar-refractivity contribution >= 4 is 22.8 Å². The van der Waals surface area contributed by atoms with Gasteiger partial charge in [0.2, 0.25) is 0 Å². The lowest BCUT2D eigenvalue weighted by Gasteiger charge is -2.21. The summed E-state index contributed by atoms with van der Waals surface area (Å²) < 4.78 is 11.1. The number of benzene rings is 1. The number of carboxylic acid groups (broad SMARTS) is 1. The molecule has 0 bridgehead atoms. The third kappa shape index (κ3) is 4.03. The fraction of sp³-hybridized carbons (Fsp3) is 0.476. The van der Waals surface area contributed by atoms with Gasteiger partial charge >= 0.3 is 5.63 Å². The summed E-state index contributed by atoms with van der Waals surface area (Å²) in [5, 5.41) is 14.5. The van der Waals surface area contributed by atoms with Gasteiger partial charge in [-0.05, 0) is 56.2 Å². The van der Waals surface area contributed by atoms with Gasteiger partial charge in [-0.15, -0.1) is 0 Å². The third-order valence-corrected chi connectivity index (χ3v) is 5.03. The number of aryl methyl sites for hydroxylation is 2. The van der Waals surface area contributed by atoms with Gasteiger partial charge in [0.05, 0.1) is 12.0 Å². The summed E-state index contributed by atoms with van der Waals surface area (Å²) >= 11 is 0. The second-order valence-electron chi connectivity index (χ2n) is 7.62. The van der Waals surface area contributed by atoms with Crippen molar-refractivity contribution in [1.82, 2.24) is 5.32 Å². The Kier molecular flexibility index (Phi) is 5.72. The molecular formula is C21H24NO6-. The molecule has 7 nitrogen and oxygen atoms in total. The van der Waals surface area contributed by atoms with E-state index in [1.807, 2.05) is 19.9 Å². The molecule has 0 unspecified atom stereocenters. The third-order valence-electron chi connectivity index (χ3n) is 5.03. The van der Waals surface area contributed by atoms with Gasteiger partial charge in [-0.3, -0.25) is 4.79 Å². The van der Waals surface area contributed by atoms with E-state index in [0.717, 1.165) is 35.8 Å². The summed E-state index contributed by atoms with van der Waals surface area (Å²) in [6.07, 6.45) is 2.80. The molecule has 7 heteroatoms. The Morgan fingerprint density at radius 2 is 1.96 bits per heavy atom. The van der Waals surface area contributed by atoms with Crippen molar-refractivity contribution in [1.29, 1.82) is 0 Å². The normalized spacial score (nSPS) is 14.1. The first kappa shape index (κ1) is 19.9. The Morgan fingerprint density at radius 3 is 2.64 bits per heavy atom. The number of aliphatic carboxylic acids is 1. The molecule has 1 heterocycles. The molecule has 0 spiro atoms. The zero-order chi connectivity index (χ0) is 20.4. The quantitative estimate of drug-likeness (QED) is 0.718. The molecule has 1 aromatic carbocycles. The molecule has 0 saturated carbocycles. The highest BCUT2D eigenvalue weighted by Gasteiger charge is 2.22. The van der Waals surface area contributed by atoms with E-state index in [9.17, 15) is 19.5 Å². The van der Waals surface area contributed by atoms with Gasteiger partial charge in [0, 0.05) is 16.5 Å². The van der Waals surface area contributed by atoms with Crippen LogP contribution in [-0.4, -0.2) is 24.5 Å². The Hall–Kier alpha value is -2.83. The highest BCUT2D eigenvalue weighted by Crippen LogP contribution is 2.32. The van der Waals surface area contributed by atoms with Crippen LogP contribution in [0.15, 0.2) is 21.3 Å². The average molecular weight is 386 g/mol. The number of nitrogens with one attached hydrogen (secondary N) is 1. The molecule has 1 aliphatic rings. The van der Waals surface area contributed by atoms with Gasteiger partial charge in [0.1, 0.15) is 11.3 Å². The van der Waals surface area contributed by atoms with Crippen molar-refractivity contribution in [3.63, 3.8) is 0 Å². The van der Waals surface area contributed by atoms with Crippen LogP contribution < -0.4 is 20.8 Å². The molecule has 0 saturated heterocycles. The van der Waals surface area contributed by atoms with Crippen molar-refractivity contribution in [2.75, 3.05) is 6.61 Å². The SMILES string of the molecule is Cc1c(OCC(=O)N[C@@H](CC(C)C)C(=O)[O-])ccc2c3c(c(=O)oc12)CCC3. The lowest BCUT2D eigenvalue weighted by molar-refractivity contribution is -0.308. The van der Waals surface area contributed by atoms with Crippen molar-refractivity contribution in [3.05, 3.63) is 39.2 Å². The largest absolute Gasteiger partial charge is 0.548 e. The Morgan fingerprint density at radius 1 is 1.25 bits per heavy atom. The summed E-state index contributed by atoms with van der Waals surface area (Å²) in [7, 11) is 0. The van der Waals surface area contributed by atoms with Gasteiger partial charge < -0.3 is 24.4 Å². The van der Waals surface area contributed by atoms with Crippen molar-refractivity contribution in [2.24, 2.45) is 5.92 Å². The number of hydrogen-bond acceptors (Lipinski definition) is 6. The molecule has 3 rings (SSSR count). The summed E-state index contributed by atoms with van der Waals surface area (Å²) in [5.41, 5.74) is 2.57. The van der Waals surface area contributed by atoms with E-state index in [-0.39, 0.29) is 24.6 Å². The van der Waals surface area contributed by atoms with Crippen LogP contribution in [0.4, 0.5) is 0 Å². The number of carboxylic acids is 1. The predicted octanol–water partition coefficient (Wildman–Crippen LogP) is 1.25. The van der Waals surface area contributed by atoms with Crippen LogP contribution in [0.2, 0.25) is 0 Å². The smallest absolute Gasteiger partial charge is 0.339 e. The standard InChI is InChI=1S/C21H25NO6/c1-11(2)9-16(20(24)25)22-18(23)10-27-17-8-7-14-13-5-4-6-15(13)21(26)28-19(14)12(17)3/h7-8,11,16H,4-6,9-10H2,1-3H3,(H,22,23)(H,24,25)/p-1/t16-/m0/s1. The summed E-state index contributed by atoms with van der Waals surface area (Å²) in [6.45, 7) is 5.15. The highest BCUT2D eigenvalue weighted by molar-refractivity contribution is 5.87. The molecule has 0 aliphatic heterocycles. The lowest BCUT2D eigenvalue weighted by atomic mass is 10.0. The van der Waals surface area contributed by atoms with Gasteiger partial charge in [-0.1, -0.05) is 13.8 Å². The first-order valence-electron chi connectivity index (χ1n) is 9.49. The molecular weight excluding hydrogens is 362 g/mol. The summed E-state index contributed by atoms with van der Waals surface area (Å²) in [6, 6.07) is 2.52. The maximum Gasteiger partial charge on any atom is 0.339 e. The van der Waals surface area contributed by atoms with Crippen molar-refractivity contribution < 1.29 is 23.8 Å². The molecule has 28 heavy (non-hydrogen) atoms. The predicted molar refractivity (Wildman–Crippen MR) is 101 cm³/mol. The average Bonchev–Trinajstić information content (AvgIpc) is 3.11. The summed E-state index contributed by atoms with van der Waals surface area (Å²) in [4.78, 5) is 35.5. The molecule has 1 aromatic heterocycles. The molecule has 0 fully saturated rings. The number of ether oxygens (including phenoxy) is 1. The molecule has 0 radical (unpaired) electrons. The van der Waals surface area contributed by atoms with E-state index in [2.05, 4.69) is 5.32 Å². The van der Waals surface area contributed by atoms with Crippen LogP contribution in [-0.2, 0) is 22.4 Å².